The maximum absolute atomic E-state index is 12.6. The molecule has 1 saturated heterocycles. The number of hydrogen-bond acceptors (Lipinski definition) is 3. The number of nitrogens with one attached hydrogen (secondary N) is 1. The normalized spacial score (nSPS) is 16.5. The maximum Gasteiger partial charge on any atom is 0.331 e. The number of rotatable bonds is 3. The molecule has 1 N–H and O–H groups in total. The number of amides is 4. The molecule has 2 aromatic carbocycles. The van der Waals surface area contributed by atoms with E-state index in [1.54, 1.807) is 12.1 Å². The van der Waals surface area contributed by atoms with Crippen LogP contribution in [0.15, 0.2) is 64.6 Å². The molecular formula is C18H13BrN2O3. The molecule has 0 unspecified atom stereocenters. The molecule has 0 spiro atoms. The Balaban J connectivity index is 1.89. The van der Waals surface area contributed by atoms with Crippen LogP contribution in [0.4, 0.5) is 4.79 Å². The molecule has 120 valence electrons. The van der Waals surface area contributed by atoms with Crippen LogP contribution in [0.2, 0.25) is 0 Å². The summed E-state index contributed by atoms with van der Waals surface area (Å²) in [5.41, 5.74) is 1.44. The molecule has 0 bridgehead atoms. The van der Waals surface area contributed by atoms with Crippen LogP contribution in [0.3, 0.4) is 0 Å². The summed E-state index contributed by atoms with van der Waals surface area (Å²) in [5, 5.41) is 2.21. The zero-order valence-electron chi connectivity index (χ0n) is 12.5. The molecular weight excluding hydrogens is 372 g/mol. The third-order valence-electron chi connectivity index (χ3n) is 3.55. The van der Waals surface area contributed by atoms with Crippen LogP contribution in [-0.2, 0) is 16.1 Å². The molecule has 1 fully saturated rings. The molecule has 3 rings (SSSR count). The van der Waals surface area contributed by atoms with Gasteiger partial charge in [0.05, 0.1) is 6.54 Å². The molecule has 2 aromatic rings. The number of carbonyl (C=O) groups excluding carboxylic acids is 3. The third kappa shape index (κ3) is 3.44. The van der Waals surface area contributed by atoms with Crippen molar-refractivity contribution < 1.29 is 14.4 Å². The summed E-state index contributed by atoms with van der Waals surface area (Å²) >= 11 is 3.33. The van der Waals surface area contributed by atoms with E-state index in [0.717, 1.165) is 14.9 Å². The lowest BCUT2D eigenvalue weighted by atomic mass is 10.1. The Morgan fingerprint density at radius 3 is 2.29 bits per heavy atom. The van der Waals surface area contributed by atoms with Gasteiger partial charge < -0.3 is 0 Å². The monoisotopic (exact) mass is 384 g/mol. The Bertz CT molecular complexity index is 829. The Morgan fingerprint density at radius 1 is 0.958 bits per heavy atom. The van der Waals surface area contributed by atoms with Crippen molar-refractivity contribution in [3.63, 3.8) is 0 Å². The van der Waals surface area contributed by atoms with Crippen LogP contribution in [0.1, 0.15) is 11.1 Å². The Hall–Kier alpha value is -2.73. The third-order valence-corrected chi connectivity index (χ3v) is 4.08. The van der Waals surface area contributed by atoms with Gasteiger partial charge in [0.2, 0.25) is 0 Å². The minimum atomic E-state index is -0.707. The molecule has 0 aromatic heterocycles. The van der Waals surface area contributed by atoms with Crippen LogP contribution < -0.4 is 5.32 Å². The number of carbonyl (C=O) groups is 3. The lowest BCUT2D eigenvalue weighted by molar-refractivity contribution is -0.130. The highest BCUT2D eigenvalue weighted by atomic mass is 79.9. The topological polar surface area (TPSA) is 66.5 Å². The summed E-state index contributed by atoms with van der Waals surface area (Å²) in [5.74, 6) is -1.28. The molecule has 1 aliphatic rings. The number of urea groups is 1. The van der Waals surface area contributed by atoms with Gasteiger partial charge in [0.25, 0.3) is 11.8 Å². The second-order valence-electron chi connectivity index (χ2n) is 5.25. The number of barbiturate groups is 1. The first-order valence-corrected chi connectivity index (χ1v) is 8.02. The van der Waals surface area contributed by atoms with Crippen molar-refractivity contribution in [2.75, 3.05) is 0 Å². The van der Waals surface area contributed by atoms with E-state index >= 15 is 0 Å². The number of nitrogens with zero attached hydrogens (tertiary/aromatic N) is 1. The standard InChI is InChI=1S/C18H13BrN2O3/c19-14-8-6-12(7-9-14)10-15-16(22)20-18(24)21(17(15)23)11-13-4-2-1-3-5-13/h1-10H,11H2,(H,20,22,24)/b15-10-. The van der Waals surface area contributed by atoms with Gasteiger partial charge >= 0.3 is 6.03 Å². The fraction of sp³-hybridized carbons (Fsp3) is 0.0556. The molecule has 4 amide bonds. The van der Waals surface area contributed by atoms with E-state index in [0.29, 0.717) is 5.56 Å². The van der Waals surface area contributed by atoms with Crippen LogP contribution in [0, 0.1) is 0 Å². The van der Waals surface area contributed by atoms with Gasteiger partial charge in [0, 0.05) is 4.47 Å². The molecule has 0 saturated carbocycles. The first-order chi connectivity index (χ1) is 11.5. The van der Waals surface area contributed by atoms with E-state index in [2.05, 4.69) is 21.2 Å². The van der Waals surface area contributed by atoms with E-state index in [4.69, 9.17) is 0 Å². The second kappa shape index (κ2) is 6.80. The molecule has 0 aliphatic carbocycles. The lowest BCUT2D eigenvalue weighted by Gasteiger charge is -2.26. The lowest BCUT2D eigenvalue weighted by Crippen LogP contribution is -2.53. The molecule has 0 radical (unpaired) electrons. The van der Waals surface area contributed by atoms with Crippen molar-refractivity contribution in [1.82, 2.24) is 10.2 Å². The van der Waals surface area contributed by atoms with Gasteiger partial charge in [-0.3, -0.25) is 19.8 Å². The van der Waals surface area contributed by atoms with Crippen LogP contribution in [-0.4, -0.2) is 22.7 Å². The van der Waals surface area contributed by atoms with Crippen LogP contribution in [0.5, 0.6) is 0 Å². The molecule has 1 heterocycles. The highest BCUT2D eigenvalue weighted by molar-refractivity contribution is 9.10. The van der Waals surface area contributed by atoms with Crippen molar-refractivity contribution in [1.29, 1.82) is 0 Å². The van der Waals surface area contributed by atoms with Gasteiger partial charge in [-0.05, 0) is 29.3 Å². The number of hydrogen-bond donors (Lipinski definition) is 1. The first kappa shape index (κ1) is 16.1. The maximum atomic E-state index is 12.6. The number of benzene rings is 2. The minimum absolute atomic E-state index is 0.0622. The number of halogens is 1. The molecule has 24 heavy (non-hydrogen) atoms. The van der Waals surface area contributed by atoms with Crippen LogP contribution in [0.25, 0.3) is 6.08 Å². The second-order valence-corrected chi connectivity index (χ2v) is 6.16. The van der Waals surface area contributed by atoms with E-state index < -0.39 is 17.8 Å². The van der Waals surface area contributed by atoms with Gasteiger partial charge in [-0.15, -0.1) is 0 Å². The first-order valence-electron chi connectivity index (χ1n) is 7.23. The largest absolute Gasteiger partial charge is 0.331 e. The van der Waals surface area contributed by atoms with E-state index in [1.165, 1.54) is 6.08 Å². The van der Waals surface area contributed by atoms with Crippen molar-refractivity contribution in [2.45, 2.75) is 6.54 Å². The molecule has 5 nitrogen and oxygen atoms in total. The van der Waals surface area contributed by atoms with Gasteiger partial charge in [-0.2, -0.15) is 0 Å². The van der Waals surface area contributed by atoms with Crippen molar-refractivity contribution in [2.24, 2.45) is 0 Å². The SMILES string of the molecule is O=C1NC(=O)N(Cc2ccccc2)C(=O)/C1=C\c1ccc(Br)cc1. The van der Waals surface area contributed by atoms with E-state index in [9.17, 15) is 14.4 Å². The fourth-order valence-corrected chi connectivity index (χ4v) is 2.59. The summed E-state index contributed by atoms with van der Waals surface area (Å²) < 4.78 is 0.893. The Morgan fingerprint density at radius 2 is 1.62 bits per heavy atom. The van der Waals surface area contributed by atoms with Crippen molar-refractivity contribution in [3.05, 3.63) is 75.8 Å². The minimum Gasteiger partial charge on any atom is -0.273 e. The molecule has 1 aliphatic heterocycles. The van der Waals surface area contributed by atoms with Crippen molar-refractivity contribution >= 4 is 39.9 Å². The van der Waals surface area contributed by atoms with Crippen molar-refractivity contribution in [3.8, 4) is 0 Å². The van der Waals surface area contributed by atoms with Gasteiger partial charge in [0.1, 0.15) is 5.57 Å². The summed E-state index contributed by atoms with van der Waals surface area (Å²) in [6.07, 6.45) is 1.48. The Kier molecular flexibility index (Phi) is 4.57. The summed E-state index contributed by atoms with van der Waals surface area (Å²) in [6, 6.07) is 15.6. The van der Waals surface area contributed by atoms with E-state index in [1.807, 2.05) is 42.5 Å². The summed E-state index contributed by atoms with van der Waals surface area (Å²) in [6.45, 7) is 0.108. The Labute approximate surface area is 147 Å². The average Bonchev–Trinajstić information content (AvgIpc) is 2.58. The zero-order chi connectivity index (χ0) is 17.1. The van der Waals surface area contributed by atoms with Gasteiger partial charge in [-0.1, -0.05) is 58.4 Å². The number of imide groups is 2. The van der Waals surface area contributed by atoms with Crippen LogP contribution >= 0.6 is 15.9 Å². The predicted octanol–water partition coefficient (Wildman–Crippen LogP) is 3.11. The molecule has 6 heteroatoms. The van der Waals surface area contributed by atoms with Gasteiger partial charge in [0.15, 0.2) is 0 Å². The van der Waals surface area contributed by atoms with Gasteiger partial charge in [-0.25, -0.2) is 4.79 Å². The quantitative estimate of drug-likeness (QED) is 0.652. The highest BCUT2D eigenvalue weighted by Crippen LogP contribution is 2.18. The highest BCUT2D eigenvalue weighted by Gasteiger charge is 2.35. The zero-order valence-corrected chi connectivity index (χ0v) is 14.1. The van der Waals surface area contributed by atoms with E-state index in [-0.39, 0.29) is 12.1 Å². The smallest absolute Gasteiger partial charge is 0.273 e. The fourth-order valence-electron chi connectivity index (χ4n) is 2.33. The summed E-state index contributed by atoms with van der Waals surface area (Å²) in [7, 11) is 0. The predicted molar refractivity (Wildman–Crippen MR) is 92.6 cm³/mol. The molecule has 0 atom stereocenters. The average molecular weight is 385 g/mol. The summed E-state index contributed by atoms with van der Waals surface area (Å²) in [4.78, 5) is 37.6.